The van der Waals surface area contributed by atoms with E-state index in [9.17, 15) is 15.0 Å². The second-order valence-corrected chi connectivity index (χ2v) is 6.79. The topological polar surface area (TPSA) is 60.8 Å². The van der Waals surface area contributed by atoms with Crippen molar-refractivity contribution in [3.63, 3.8) is 0 Å². The fourth-order valence-corrected chi connectivity index (χ4v) is 1.92. The summed E-state index contributed by atoms with van der Waals surface area (Å²) in [5.41, 5.74) is -0.681. The minimum Gasteiger partial charge on any atom is -0.465 e. The van der Waals surface area contributed by atoms with E-state index in [1.165, 1.54) is 4.90 Å². The molecule has 0 fully saturated rings. The third-order valence-electron chi connectivity index (χ3n) is 2.93. The molecule has 0 aromatic carbocycles. The average molecular weight is 245 g/mol. The van der Waals surface area contributed by atoms with Gasteiger partial charge in [-0.05, 0) is 39.5 Å². The number of carboxylic acid groups (broad SMARTS) is 1. The van der Waals surface area contributed by atoms with Gasteiger partial charge in [0.15, 0.2) is 0 Å². The molecule has 17 heavy (non-hydrogen) atoms. The van der Waals surface area contributed by atoms with Crippen LogP contribution in [0.4, 0.5) is 4.79 Å². The van der Waals surface area contributed by atoms with Crippen molar-refractivity contribution in [2.75, 3.05) is 0 Å². The molecule has 2 unspecified atom stereocenters. The first-order chi connectivity index (χ1) is 7.37. The maximum absolute atomic E-state index is 11.3. The van der Waals surface area contributed by atoms with Crippen molar-refractivity contribution in [3.8, 4) is 0 Å². The Kier molecular flexibility index (Phi) is 5.02. The Morgan fingerprint density at radius 2 is 1.59 bits per heavy atom. The predicted octanol–water partition coefficient (Wildman–Crippen LogP) is 2.95. The lowest BCUT2D eigenvalue weighted by atomic mass is 9.85. The fourth-order valence-electron chi connectivity index (χ4n) is 1.92. The molecule has 0 aromatic heterocycles. The van der Waals surface area contributed by atoms with Crippen LogP contribution in [0.25, 0.3) is 0 Å². The van der Waals surface area contributed by atoms with E-state index in [1.807, 2.05) is 48.5 Å². The number of aliphatic hydroxyl groups is 1. The number of nitrogens with zero attached hydrogens (tertiary/aromatic N) is 1. The quantitative estimate of drug-likeness (QED) is 0.803. The largest absolute Gasteiger partial charge is 0.465 e. The highest BCUT2D eigenvalue weighted by Gasteiger charge is 2.34. The third kappa shape index (κ3) is 4.94. The van der Waals surface area contributed by atoms with Crippen molar-refractivity contribution in [3.05, 3.63) is 0 Å². The molecule has 4 heteroatoms. The highest BCUT2D eigenvalue weighted by Crippen LogP contribution is 2.26. The van der Waals surface area contributed by atoms with Crippen LogP contribution in [0.3, 0.4) is 0 Å². The van der Waals surface area contributed by atoms with E-state index in [0.29, 0.717) is 6.42 Å². The van der Waals surface area contributed by atoms with Crippen molar-refractivity contribution in [2.45, 2.75) is 72.6 Å². The summed E-state index contributed by atoms with van der Waals surface area (Å²) >= 11 is 0. The van der Waals surface area contributed by atoms with Gasteiger partial charge in [0.05, 0.1) is 6.10 Å². The summed E-state index contributed by atoms with van der Waals surface area (Å²) in [6.45, 7) is 13.3. The van der Waals surface area contributed by atoms with Crippen LogP contribution in [0.1, 0.15) is 54.9 Å². The first-order valence-electron chi connectivity index (χ1n) is 6.07. The van der Waals surface area contributed by atoms with E-state index in [-0.39, 0.29) is 11.5 Å². The molecule has 0 aromatic rings. The number of hydrogen-bond acceptors (Lipinski definition) is 2. The summed E-state index contributed by atoms with van der Waals surface area (Å²) in [4.78, 5) is 12.7. The third-order valence-corrected chi connectivity index (χ3v) is 2.93. The molecular weight excluding hydrogens is 218 g/mol. The van der Waals surface area contributed by atoms with E-state index in [2.05, 4.69) is 0 Å². The first-order valence-corrected chi connectivity index (χ1v) is 6.07. The summed E-state index contributed by atoms with van der Waals surface area (Å²) in [6, 6.07) is -0.207. The van der Waals surface area contributed by atoms with E-state index in [4.69, 9.17) is 0 Å². The fraction of sp³-hybridized carbons (Fsp3) is 0.923. The van der Waals surface area contributed by atoms with Crippen LogP contribution in [0.5, 0.6) is 0 Å². The molecule has 0 aliphatic heterocycles. The average Bonchev–Trinajstić information content (AvgIpc) is 1.97. The molecule has 0 aliphatic carbocycles. The van der Waals surface area contributed by atoms with Gasteiger partial charge in [0.2, 0.25) is 0 Å². The van der Waals surface area contributed by atoms with Crippen molar-refractivity contribution in [2.24, 2.45) is 5.41 Å². The Morgan fingerprint density at radius 3 is 1.82 bits per heavy atom. The van der Waals surface area contributed by atoms with E-state index in [0.717, 1.165) is 0 Å². The standard InChI is InChI=1S/C13H27NO3/c1-9(8-10(15)12(2,3)4)14(11(16)17)13(5,6)7/h9-10,15H,8H2,1-7H3,(H,16,17). The zero-order chi connectivity index (χ0) is 14.0. The molecule has 2 N–H and O–H groups in total. The Hall–Kier alpha value is -0.770. The van der Waals surface area contributed by atoms with Gasteiger partial charge < -0.3 is 15.1 Å². The normalized spacial score (nSPS) is 16.5. The van der Waals surface area contributed by atoms with Crippen molar-refractivity contribution >= 4 is 6.09 Å². The zero-order valence-corrected chi connectivity index (χ0v) is 12.1. The van der Waals surface area contributed by atoms with Gasteiger partial charge in [-0.15, -0.1) is 0 Å². The SMILES string of the molecule is CC(CC(O)C(C)(C)C)N(C(=O)O)C(C)(C)C. The summed E-state index contributed by atoms with van der Waals surface area (Å²) in [6.07, 6.45) is -1.000. The number of amides is 1. The van der Waals surface area contributed by atoms with Gasteiger partial charge in [-0.2, -0.15) is 0 Å². The highest BCUT2D eigenvalue weighted by atomic mass is 16.4. The van der Waals surface area contributed by atoms with Crippen LogP contribution < -0.4 is 0 Å². The molecule has 1 amide bonds. The molecule has 0 aliphatic rings. The molecule has 0 bridgehead atoms. The molecule has 0 spiro atoms. The Labute approximate surface area is 105 Å². The molecule has 102 valence electrons. The summed E-state index contributed by atoms with van der Waals surface area (Å²) in [7, 11) is 0. The Morgan fingerprint density at radius 1 is 1.18 bits per heavy atom. The summed E-state index contributed by atoms with van der Waals surface area (Å²) in [5, 5.41) is 19.3. The van der Waals surface area contributed by atoms with Gasteiger partial charge in [0.1, 0.15) is 0 Å². The van der Waals surface area contributed by atoms with Gasteiger partial charge in [-0.1, -0.05) is 20.8 Å². The van der Waals surface area contributed by atoms with Crippen LogP contribution in [-0.4, -0.2) is 38.9 Å². The van der Waals surface area contributed by atoms with Crippen molar-refractivity contribution < 1.29 is 15.0 Å². The maximum atomic E-state index is 11.3. The first kappa shape index (κ1) is 16.2. The maximum Gasteiger partial charge on any atom is 0.407 e. The highest BCUT2D eigenvalue weighted by molar-refractivity contribution is 5.66. The molecular formula is C13H27NO3. The van der Waals surface area contributed by atoms with Gasteiger partial charge in [-0.3, -0.25) is 0 Å². The second-order valence-electron chi connectivity index (χ2n) is 6.79. The van der Waals surface area contributed by atoms with Crippen molar-refractivity contribution in [1.29, 1.82) is 0 Å². The molecule has 0 saturated carbocycles. The number of aliphatic hydroxyl groups excluding tert-OH is 1. The minimum absolute atomic E-state index is 0.207. The summed E-state index contributed by atoms with van der Waals surface area (Å²) in [5.74, 6) is 0. The van der Waals surface area contributed by atoms with Gasteiger partial charge >= 0.3 is 6.09 Å². The molecule has 0 saturated heterocycles. The molecule has 4 nitrogen and oxygen atoms in total. The minimum atomic E-state index is -0.939. The Bertz CT molecular complexity index is 263. The molecule has 0 heterocycles. The number of rotatable bonds is 3. The van der Waals surface area contributed by atoms with Crippen LogP contribution in [0, 0.1) is 5.41 Å². The smallest absolute Gasteiger partial charge is 0.407 e. The van der Waals surface area contributed by atoms with Crippen LogP contribution in [-0.2, 0) is 0 Å². The van der Waals surface area contributed by atoms with Crippen LogP contribution >= 0.6 is 0 Å². The number of hydrogen-bond donors (Lipinski definition) is 2. The zero-order valence-electron chi connectivity index (χ0n) is 12.1. The van der Waals surface area contributed by atoms with Gasteiger partial charge in [0.25, 0.3) is 0 Å². The van der Waals surface area contributed by atoms with E-state index >= 15 is 0 Å². The molecule has 2 atom stereocenters. The lowest BCUT2D eigenvalue weighted by molar-refractivity contribution is 0.0125. The van der Waals surface area contributed by atoms with E-state index in [1.54, 1.807) is 0 Å². The van der Waals surface area contributed by atoms with Crippen LogP contribution in [0.2, 0.25) is 0 Å². The predicted molar refractivity (Wildman–Crippen MR) is 69.2 cm³/mol. The lowest BCUT2D eigenvalue weighted by Crippen LogP contribution is -2.51. The van der Waals surface area contributed by atoms with Crippen LogP contribution in [0.15, 0.2) is 0 Å². The van der Waals surface area contributed by atoms with Gasteiger partial charge in [0, 0.05) is 11.6 Å². The monoisotopic (exact) mass is 245 g/mol. The van der Waals surface area contributed by atoms with Crippen molar-refractivity contribution in [1.82, 2.24) is 4.90 Å². The second kappa shape index (κ2) is 5.25. The summed E-state index contributed by atoms with van der Waals surface area (Å²) < 4.78 is 0. The molecule has 0 radical (unpaired) electrons. The Balaban J connectivity index is 4.78. The van der Waals surface area contributed by atoms with E-state index < -0.39 is 17.7 Å². The molecule has 0 rings (SSSR count). The lowest BCUT2D eigenvalue weighted by Gasteiger charge is -2.40. The number of carbonyl (C=O) groups is 1. The van der Waals surface area contributed by atoms with Gasteiger partial charge in [-0.25, -0.2) is 4.79 Å².